The molecule has 0 spiro atoms. The minimum atomic E-state index is -0.779. The second kappa shape index (κ2) is 2.62. The van der Waals surface area contributed by atoms with Crippen molar-refractivity contribution < 1.29 is 10.2 Å². The van der Waals surface area contributed by atoms with E-state index in [1.807, 2.05) is 0 Å². The third-order valence-corrected chi connectivity index (χ3v) is 1.58. The van der Waals surface area contributed by atoms with E-state index in [4.69, 9.17) is 15.9 Å². The zero-order valence-electron chi connectivity index (χ0n) is 5.12. The number of nitrogens with one attached hydrogen (secondary N) is 1. The third-order valence-electron chi connectivity index (χ3n) is 1.58. The van der Waals surface area contributed by atoms with Gasteiger partial charge in [0, 0.05) is 12.6 Å². The monoisotopic (exact) mass is 132 g/mol. The van der Waals surface area contributed by atoms with E-state index in [1.165, 1.54) is 0 Å². The Hall–Kier alpha value is -0.160. The van der Waals surface area contributed by atoms with Gasteiger partial charge in [-0.3, -0.25) is 5.32 Å². The summed E-state index contributed by atoms with van der Waals surface area (Å²) in [5.74, 6) is 0. The molecule has 1 aliphatic rings. The molecule has 0 bridgehead atoms. The van der Waals surface area contributed by atoms with Crippen LogP contribution in [0.1, 0.15) is 6.42 Å². The summed E-state index contributed by atoms with van der Waals surface area (Å²) in [5, 5.41) is 20.5. The maximum absolute atomic E-state index is 8.93. The summed E-state index contributed by atoms with van der Waals surface area (Å²) in [5.41, 5.74) is 5.27. The van der Waals surface area contributed by atoms with Crippen molar-refractivity contribution in [3.05, 3.63) is 0 Å². The van der Waals surface area contributed by atoms with Crippen LogP contribution in [0.3, 0.4) is 0 Å². The molecular weight excluding hydrogens is 120 g/mol. The molecule has 5 N–H and O–H groups in total. The van der Waals surface area contributed by atoms with Gasteiger partial charge >= 0.3 is 0 Å². The molecule has 4 heteroatoms. The Labute approximate surface area is 53.7 Å². The van der Waals surface area contributed by atoms with Crippen LogP contribution in [0, 0.1) is 0 Å². The van der Waals surface area contributed by atoms with Gasteiger partial charge in [-0.1, -0.05) is 0 Å². The fourth-order valence-electron chi connectivity index (χ4n) is 1.01. The molecule has 4 nitrogen and oxygen atoms in total. The van der Waals surface area contributed by atoms with E-state index in [9.17, 15) is 0 Å². The van der Waals surface area contributed by atoms with Gasteiger partial charge in [0.25, 0.3) is 0 Å². The Morgan fingerprint density at radius 3 is 2.44 bits per heavy atom. The Bertz CT molecular complexity index is 89.0. The summed E-state index contributed by atoms with van der Waals surface area (Å²) in [4.78, 5) is 0. The highest BCUT2D eigenvalue weighted by Gasteiger charge is 2.29. The fraction of sp³-hybridized carbons (Fsp3) is 1.00. The quantitative estimate of drug-likeness (QED) is 0.332. The van der Waals surface area contributed by atoms with E-state index in [2.05, 4.69) is 5.32 Å². The van der Waals surface area contributed by atoms with Crippen LogP contribution in [-0.4, -0.2) is 35.1 Å². The first kappa shape index (κ1) is 6.95. The largest absolute Gasteiger partial charge is 0.389 e. The topological polar surface area (TPSA) is 78.5 Å². The predicted molar refractivity (Wildman–Crippen MR) is 32.6 cm³/mol. The minimum Gasteiger partial charge on any atom is -0.389 e. The summed E-state index contributed by atoms with van der Waals surface area (Å²) in [6.45, 7) is 0.466. The zero-order chi connectivity index (χ0) is 6.85. The van der Waals surface area contributed by atoms with Gasteiger partial charge < -0.3 is 15.9 Å². The van der Waals surface area contributed by atoms with E-state index < -0.39 is 12.3 Å². The van der Waals surface area contributed by atoms with Crippen molar-refractivity contribution in [1.29, 1.82) is 0 Å². The maximum atomic E-state index is 8.93. The first-order valence-corrected chi connectivity index (χ1v) is 3.06. The van der Waals surface area contributed by atoms with Crippen LogP contribution in [0.15, 0.2) is 0 Å². The van der Waals surface area contributed by atoms with Crippen LogP contribution in [-0.2, 0) is 0 Å². The molecule has 0 saturated carbocycles. The predicted octanol–water partition coefficient (Wildman–Crippen LogP) is -2.01. The average Bonchev–Trinajstić information content (AvgIpc) is 2.13. The Balaban J connectivity index is 2.35. The molecule has 54 valence electrons. The SMILES string of the molecule is NC[C@@H]1CC(O)C(O)N1. The normalized spacial score (nSPS) is 43.7. The summed E-state index contributed by atoms with van der Waals surface area (Å²) < 4.78 is 0. The molecule has 0 aromatic rings. The van der Waals surface area contributed by atoms with E-state index in [0.29, 0.717) is 13.0 Å². The lowest BCUT2D eigenvalue weighted by atomic mass is 10.2. The molecule has 0 aromatic carbocycles. The summed E-state index contributed by atoms with van der Waals surface area (Å²) >= 11 is 0. The molecule has 9 heavy (non-hydrogen) atoms. The number of hydrogen-bond acceptors (Lipinski definition) is 4. The number of rotatable bonds is 1. The van der Waals surface area contributed by atoms with Crippen molar-refractivity contribution in [2.24, 2.45) is 5.73 Å². The van der Waals surface area contributed by atoms with E-state index in [-0.39, 0.29) is 6.04 Å². The summed E-state index contributed by atoms with van der Waals surface area (Å²) in [7, 11) is 0. The Kier molecular flexibility index (Phi) is 2.02. The van der Waals surface area contributed by atoms with Crippen molar-refractivity contribution >= 4 is 0 Å². The average molecular weight is 132 g/mol. The number of aliphatic hydroxyl groups excluding tert-OH is 2. The van der Waals surface area contributed by atoms with Crippen molar-refractivity contribution in [3.8, 4) is 0 Å². The van der Waals surface area contributed by atoms with Gasteiger partial charge in [0.2, 0.25) is 0 Å². The zero-order valence-corrected chi connectivity index (χ0v) is 5.12. The van der Waals surface area contributed by atoms with Crippen LogP contribution in [0.5, 0.6) is 0 Å². The van der Waals surface area contributed by atoms with Gasteiger partial charge in [-0.2, -0.15) is 0 Å². The highest BCUT2D eigenvalue weighted by Crippen LogP contribution is 2.09. The van der Waals surface area contributed by atoms with Crippen LogP contribution >= 0.6 is 0 Å². The first-order valence-electron chi connectivity index (χ1n) is 3.06. The molecule has 0 aliphatic carbocycles. The molecular formula is C5H12N2O2. The highest BCUT2D eigenvalue weighted by molar-refractivity contribution is 4.84. The van der Waals surface area contributed by atoms with E-state index >= 15 is 0 Å². The maximum Gasteiger partial charge on any atom is 0.131 e. The van der Waals surface area contributed by atoms with Gasteiger partial charge in [0.05, 0.1) is 6.10 Å². The molecule has 1 rings (SSSR count). The molecule has 1 fully saturated rings. The summed E-state index contributed by atoms with van der Waals surface area (Å²) in [6, 6.07) is 0.0787. The molecule has 0 radical (unpaired) electrons. The molecule has 0 aromatic heterocycles. The molecule has 3 atom stereocenters. The molecule has 1 aliphatic heterocycles. The van der Waals surface area contributed by atoms with Crippen molar-refractivity contribution in [1.82, 2.24) is 5.32 Å². The lowest BCUT2D eigenvalue weighted by molar-refractivity contribution is 0.0316. The minimum absolute atomic E-state index is 0.0787. The Morgan fingerprint density at radius 2 is 2.22 bits per heavy atom. The summed E-state index contributed by atoms with van der Waals surface area (Å²) in [6.07, 6.45) is -0.866. The number of aliphatic hydroxyl groups is 2. The van der Waals surface area contributed by atoms with Crippen LogP contribution in [0.4, 0.5) is 0 Å². The second-order valence-corrected chi connectivity index (χ2v) is 2.35. The lowest BCUT2D eigenvalue weighted by Crippen LogP contribution is -2.36. The van der Waals surface area contributed by atoms with Crippen molar-refractivity contribution in [3.63, 3.8) is 0 Å². The number of nitrogens with two attached hydrogens (primary N) is 1. The standard InChI is InChI=1S/C5H12N2O2/c6-2-3-1-4(8)5(9)7-3/h3-5,7-9H,1-2,6H2/t3-,4?,5?/m0/s1. The third kappa shape index (κ3) is 1.40. The van der Waals surface area contributed by atoms with Gasteiger partial charge in [-0.15, -0.1) is 0 Å². The second-order valence-electron chi connectivity index (χ2n) is 2.35. The molecule has 1 heterocycles. The fourth-order valence-corrected chi connectivity index (χ4v) is 1.01. The van der Waals surface area contributed by atoms with Crippen LogP contribution in [0.2, 0.25) is 0 Å². The number of hydrogen-bond donors (Lipinski definition) is 4. The lowest BCUT2D eigenvalue weighted by Gasteiger charge is -2.06. The van der Waals surface area contributed by atoms with Gasteiger partial charge in [0.1, 0.15) is 6.23 Å². The van der Waals surface area contributed by atoms with Crippen LogP contribution < -0.4 is 11.1 Å². The van der Waals surface area contributed by atoms with E-state index in [0.717, 1.165) is 0 Å². The van der Waals surface area contributed by atoms with Crippen molar-refractivity contribution in [2.75, 3.05) is 6.54 Å². The van der Waals surface area contributed by atoms with Gasteiger partial charge in [-0.25, -0.2) is 0 Å². The van der Waals surface area contributed by atoms with Gasteiger partial charge in [0.15, 0.2) is 0 Å². The van der Waals surface area contributed by atoms with Crippen LogP contribution in [0.25, 0.3) is 0 Å². The molecule has 2 unspecified atom stereocenters. The van der Waals surface area contributed by atoms with Gasteiger partial charge in [-0.05, 0) is 6.42 Å². The first-order chi connectivity index (χ1) is 4.24. The van der Waals surface area contributed by atoms with E-state index in [1.54, 1.807) is 0 Å². The highest BCUT2D eigenvalue weighted by atomic mass is 16.3. The smallest absolute Gasteiger partial charge is 0.131 e. The Morgan fingerprint density at radius 1 is 1.56 bits per heavy atom. The molecule has 1 saturated heterocycles. The molecule has 0 amide bonds. The van der Waals surface area contributed by atoms with Crippen molar-refractivity contribution in [2.45, 2.75) is 24.8 Å².